The molecule has 9 heteroatoms. The van der Waals surface area contributed by atoms with Gasteiger partial charge in [-0.3, -0.25) is 14.9 Å². The van der Waals surface area contributed by atoms with Crippen molar-refractivity contribution in [1.82, 2.24) is 5.16 Å². The lowest BCUT2D eigenvalue weighted by Crippen LogP contribution is -2.29. The molecule has 1 aromatic heterocycles. The first-order valence-electron chi connectivity index (χ1n) is 8.82. The van der Waals surface area contributed by atoms with Crippen molar-refractivity contribution in [2.75, 3.05) is 16.0 Å². The molecule has 3 amide bonds. The Hall–Kier alpha value is -3.88. The van der Waals surface area contributed by atoms with Crippen molar-refractivity contribution in [3.8, 4) is 0 Å². The maximum atomic E-state index is 12.7. The van der Waals surface area contributed by atoms with Gasteiger partial charge in [-0.2, -0.15) is 0 Å². The molecule has 0 radical (unpaired) electrons. The van der Waals surface area contributed by atoms with Gasteiger partial charge in [-0.15, -0.1) is 0 Å². The maximum absolute atomic E-state index is 12.7. The van der Waals surface area contributed by atoms with Crippen molar-refractivity contribution in [2.45, 2.75) is 26.4 Å². The average Bonchev–Trinajstić information content (AvgIpc) is 3.13. The molecule has 2 aromatic carbocycles. The first-order chi connectivity index (χ1) is 13.7. The first-order valence-corrected chi connectivity index (χ1v) is 8.82. The van der Waals surface area contributed by atoms with E-state index in [0.29, 0.717) is 16.5 Å². The van der Waals surface area contributed by atoms with Crippen molar-refractivity contribution < 1.29 is 23.6 Å². The number of nitrogen functional groups attached to an aromatic ring is 1. The van der Waals surface area contributed by atoms with E-state index in [1.165, 1.54) is 12.1 Å². The van der Waals surface area contributed by atoms with Gasteiger partial charge in [0.25, 0.3) is 11.8 Å². The summed E-state index contributed by atoms with van der Waals surface area (Å²) in [6.07, 6.45) is -0.677. The Kier molecular flexibility index (Phi) is 4.04. The third-order valence-corrected chi connectivity index (χ3v) is 4.26. The van der Waals surface area contributed by atoms with Crippen molar-refractivity contribution in [3.05, 3.63) is 47.5 Å². The molecule has 3 aromatic rings. The quantitative estimate of drug-likeness (QED) is 0.502. The fourth-order valence-electron chi connectivity index (χ4n) is 3.05. The SMILES string of the molecule is CC(C)(C)OC(=O)Nc1cc2onc(N3C(=O)c4ccccc4C3=O)c2cc1N. The number of ether oxygens (including phenoxy) is 1. The van der Waals surface area contributed by atoms with Crippen LogP contribution in [0.4, 0.5) is 22.0 Å². The molecular formula is C20H18N4O5. The molecule has 0 saturated carbocycles. The summed E-state index contributed by atoms with van der Waals surface area (Å²) < 4.78 is 10.5. The van der Waals surface area contributed by atoms with Crippen LogP contribution in [0, 0.1) is 0 Å². The standard InChI is InChI=1S/C20H18N4O5/c1-20(2,3)28-19(27)22-14-9-15-12(8-13(14)21)16(23-29-15)24-17(25)10-6-4-5-7-11(10)18(24)26/h4-9H,21H2,1-3H3,(H,22,27). The summed E-state index contributed by atoms with van der Waals surface area (Å²) in [4.78, 5) is 38.4. The molecule has 0 spiro atoms. The Morgan fingerprint density at radius 3 is 2.34 bits per heavy atom. The number of rotatable bonds is 2. The first kappa shape index (κ1) is 18.5. The number of nitrogens with one attached hydrogen (secondary N) is 1. The van der Waals surface area contributed by atoms with Crippen LogP contribution in [-0.2, 0) is 4.74 Å². The van der Waals surface area contributed by atoms with Crippen molar-refractivity contribution in [1.29, 1.82) is 0 Å². The van der Waals surface area contributed by atoms with Gasteiger partial charge in [0, 0.05) is 6.07 Å². The highest BCUT2D eigenvalue weighted by molar-refractivity contribution is 6.35. The number of aromatic nitrogens is 1. The number of nitrogens with two attached hydrogens (primary N) is 1. The second-order valence-electron chi connectivity index (χ2n) is 7.56. The van der Waals surface area contributed by atoms with Gasteiger partial charge < -0.3 is 15.0 Å². The lowest BCUT2D eigenvalue weighted by molar-refractivity contribution is 0.0635. The van der Waals surface area contributed by atoms with Gasteiger partial charge >= 0.3 is 6.09 Å². The Balaban J connectivity index is 1.69. The maximum Gasteiger partial charge on any atom is 0.412 e. The highest BCUT2D eigenvalue weighted by atomic mass is 16.6. The van der Waals surface area contributed by atoms with E-state index in [1.807, 2.05) is 0 Å². The fourth-order valence-corrected chi connectivity index (χ4v) is 3.05. The lowest BCUT2D eigenvalue weighted by atomic mass is 10.1. The van der Waals surface area contributed by atoms with Gasteiger partial charge in [-0.1, -0.05) is 17.3 Å². The molecule has 29 heavy (non-hydrogen) atoms. The lowest BCUT2D eigenvalue weighted by Gasteiger charge is -2.20. The number of carbonyl (C=O) groups excluding carboxylic acids is 3. The molecule has 0 saturated heterocycles. The Labute approximate surface area is 165 Å². The minimum Gasteiger partial charge on any atom is -0.444 e. The molecule has 1 aliphatic heterocycles. The van der Waals surface area contributed by atoms with Gasteiger partial charge in [-0.05, 0) is 39.0 Å². The van der Waals surface area contributed by atoms with Gasteiger partial charge in [0.15, 0.2) is 11.4 Å². The fraction of sp³-hybridized carbons (Fsp3) is 0.200. The van der Waals surface area contributed by atoms with Crippen molar-refractivity contribution in [3.63, 3.8) is 0 Å². The highest BCUT2D eigenvalue weighted by Crippen LogP contribution is 2.36. The Morgan fingerprint density at radius 1 is 1.14 bits per heavy atom. The normalized spacial score (nSPS) is 13.7. The molecule has 0 aliphatic carbocycles. The summed E-state index contributed by atoms with van der Waals surface area (Å²) in [5, 5.41) is 6.81. The summed E-state index contributed by atoms with van der Waals surface area (Å²) in [6, 6.07) is 9.47. The van der Waals surface area contributed by atoms with Crippen LogP contribution in [0.15, 0.2) is 40.9 Å². The van der Waals surface area contributed by atoms with Gasteiger partial charge in [0.1, 0.15) is 5.60 Å². The minimum atomic E-state index is -0.677. The number of imide groups is 1. The van der Waals surface area contributed by atoms with Crippen molar-refractivity contribution >= 4 is 46.1 Å². The summed E-state index contributed by atoms with van der Waals surface area (Å²) in [7, 11) is 0. The zero-order valence-corrected chi connectivity index (χ0v) is 16.0. The average molecular weight is 394 g/mol. The number of fused-ring (bicyclic) bond motifs is 2. The molecule has 2 heterocycles. The number of nitrogens with zero attached hydrogens (tertiary/aromatic N) is 2. The van der Waals surface area contributed by atoms with E-state index in [1.54, 1.807) is 45.0 Å². The van der Waals surface area contributed by atoms with Crippen LogP contribution in [-0.4, -0.2) is 28.7 Å². The number of benzene rings is 2. The van der Waals surface area contributed by atoms with E-state index < -0.39 is 23.5 Å². The number of carbonyl (C=O) groups is 3. The molecule has 1 aliphatic rings. The molecule has 0 unspecified atom stereocenters. The zero-order valence-electron chi connectivity index (χ0n) is 16.0. The van der Waals surface area contributed by atoms with Gasteiger partial charge in [0.05, 0.1) is 27.9 Å². The zero-order chi connectivity index (χ0) is 20.9. The molecule has 3 N–H and O–H groups in total. The molecule has 9 nitrogen and oxygen atoms in total. The van der Waals surface area contributed by atoms with Gasteiger partial charge in [0.2, 0.25) is 0 Å². The van der Waals surface area contributed by atoms with Crippen LogP contribution in [0.5, 0.6) is 0 Å². The second-order valence-corrected chi connectivity index (χ2v) is 7.56. The predicted molar refractivity (Wildman–Crippen MR) is 106 cm³/mol. The molecule has 0 fully saturated rings. The summed E-state index contributed by atoms with van der Waals surface area (Å²) in [5.41, 5.74) is 6.68. The van der Waals surface area contributed by atoms with Crippen LogP contribution < -0.4 is 16.0 Å². The molecule has 4 rings (SSSR count). The second kappa shape index (κ2) is 6.33. The number of hydrogen-bond acceptors (Lipinski definition) is 7. The molecular weight excluding hydrogens is 376 g/mol. The van der Waals surface area contributed by atoms with E-state index in [0.717, 1.165) is 4.90 Å². The largest absolute Gasteiger partial charge is 0.444 e. The van der Waals surface area contributed by atoms with Crippen LogP contribution >= 0.6 is 0 Å². The van der Waals surface area contributed by atoms with Crippen LogP contribution in [0.1, 0.15) is 41.5 Å². The number of anilines is 3. The topological polar surface area (TPSA) is 128 Å². The molecule has 0 bridgehead atoms. The summed E-state index contributed by atoms with van der Waals surface area (Å²) >= 11 is 0. The van der Waals surface area contributed by atoms with E-state index in [4.69, 9.17) is 15.0 Å². The monoisotopic (exact) mass is 394 g/mol. The third-order valence-electron chi connectivity index (χ3n) is 4.26. The Morgan fingerprint density at radius 2 is 1.76 bits per heavy atom. The number of hydrogen-bond donors (Lipinski definition) is 2. The summed E-state index contributed by atoms with van der Waals surface area (Å²) in [5.74, 6) is -0.938. The molecule has 0 atom stereocenters. The number of amides is 3. The van der Waals surface area contributed by atoms with E-state index in [-0.39, 0.29) is 22.8 Å². The molecule has 148 valence electrons. The van der Waals surface area contributed by atoms with Crippen LogP contribution in [0.3, 0.4) is 0 Å². The Bertz CT molecular complexity index is 1140. The van der Waals surface area contributed by atoms with Crippen LogP contribution in [0.2, 0.25) is 0 Å². The minimum absolute atomic E-state index is 0.0433. The van der Waals surface area contributed by atoms with E-state index in [2.05, 4.69) is 10.5 Å². The summed E-state index contributed by atoms with van der Waals surface area (Å²) in [6.45, 7) is 5.22. The van der Waals surface area contributed by atoms with Gasteiger partial charge in [-0.25, -0.2) is 9.69 Å². The predicted octanol–water partition coefficient (Wildman–Crippen LogP) is 3.56. The van der Waals surface area contributed by atoms with E-state index >= 15 is 0 Å². The van der Waals surface area contributed by atoms with E-state index in [9.17, 15) is 14.4 Å². The van der Waals surface area contributed by atoms with Crippen LogP contribution in [0.25, 0.3) is 11.0 Å². The third kappa shape index (κ3) is 3.16. The van der Waals surface area contributed by atoms with Crippen molar-refractivity contribution in [2.24, 2.45) is 0 Å². The smallest absolute Gasteiger partial charge is 0.412 e. The highest BCUT2D eigenvalue weighted by Gasteiger charge is 2.39.